The van der Waals surface area contributed by atoms with Crippen LogP contribution in [0.2, 0.25) is 0 Å². The average Bonchev–Trinajstić information content (AvgIpc) is 2.34. The van der Waals surface area contributed by atoms with Crippen LogP contribution in [0.1, 0.15) is 12.5 Å². The molecule has 1 atom stereocenters. The summed E-state index contributed by atoms with van der Waals surface area (Å²) >= 11 is 0. The first-order chi connectivity index (χ1) is 8.11. The summed E-state index contributed by atoms with van der Waals surface area (Å²) in [5, 5.41) is 9.52. The van der Waals surface area contributed by atoms with E-state index in [9.17, 15) is 5.11 Å². The largest absolute Gasteiger partial charge is 0.491 e. The minimum absolute atomic E-state index is 0.0312. The number of nitrogens with two attached hydrogens (primary N) is 2. The van der Waals surface area contributed by atoms with E-state index >= 15 is 0 Å². The lowest BCUT2D eigenvalue weighted by Crippen LogP contribution is -2.27. The maximum Gasteiger partial charge on any atom is 0.186 e. The zero-order valence-corrected chi connectivity index (χ0v) is 9.97. The summed E-state index contributed by atoms with van der Waals surface area (Å²) in [5.41, 5.74) is 11.6. The van der Waals surface area contributed by atoms with E-state index in [0.717, 1.165) is 12.2 Å². The Labute approximate surface area is 101 Å². The average molecular weight is 237 g/mol. The molecule has 0 fully saturated rings. The maximum absolute atomic E-state index is 9.52. The van der Waals surface area contributed by atoms with Gasteiger partial charge in [0.2, 0.25) is 0 Å². The van der Waals surface area contributed by atoms with Gasteiger partial charge in [-0.3, -0.25) is 4.99 Å². The van der Waals surface area contributed by atoms with E-state index in [-0.39, 0.29) is 19.1 Å². The lowest BCUT2D eigenvalue weighted by atomic mass is 10.2. The Hall–Kier alpha value is -1.75. The molecule has 0 heterocycles. The molecular formula is C12H19N3O2. The first-order valence-electron chi connectivity index (χ1n) is 5.57. The van der Waals surface area contributed by atoms with Gasteiger partial charge in [0.15, 0.2) is 5.96 Å². The topological polar surface area (TPSA) is 93.9 Å². The quantitative estimate of drug-likeness (QED) is 0.488. The molecule has 0 spiro atoms. The van der Waals surface area contributed by atoms with Gasteiger partial charge in [-0.15, -0.1) is 0 Å². The number of hydrogen-bond donors (Lipinski definition) is 3. The van der Waals surface area contributed by atoms with Crippen LogP contribution in [0.5, 0.6) is 5.75 Å². The molecule has 0 bridgehead atoms. The zero-order valence-electron chi connectivity index (χ0n) is 9.97. The Morgan fingerprint density at radius 2 is 2.00 bits per heavy atom. The molecule has 94 valence electrons. The number of hydrogen-bond acceptors (Lipinski definition) is 3. The van der Waals surface area contributed by atoms with E-state index in [1.807, 2.05) is 24.3 Å². The third-order valence-corrected chi connectivity index (χ3v) is 2.26. The summed E-state index contributed by atoms with van der Waals surface area (Å²) in [6, 6.07) is 7.76. The van der Waals surface area contributed by atoms with Gasteiger partial charge in [0.05, 0.1) is 6.54 Å². The Kier molecular flexibility index (Phi) is 5.29. The summed E-state index contributed by atoms with van der Waals surface area (Å²) in [5.74, 6) is 0.697. The van der Waals surface area contributed by atoms with Crippen molar-refractivity contribution in [1.29, 1.82) is 0 Å². The van der Waals surface area contributed by atoms with Crippen molar-refractivity contribution in [3.05, 3.63) is 29.8 Å². The minimum atomic E-state index is -0.706. The summed E-state index contributed by atoms with van der Waals surface area (Å²) in [6.07, 6.45) is 0.288. The second-order valence-electron chi connectivity index (χ2n) is 3.73. The molecule has 1 aromatic carbocycles. The molecule has 0 radical (unpaired) electrons. The van der Waals surface area contributed by atoms with E-state index in [2.05, 4.69) is 11.9 Å². The summed E-state index contributed by atoms with van der Waals surface area (Å²) < 4.78 is 5.40. The number of guanidine groups is 1. The second-order valence-corrected chi connectivity index (χ2v) is 3.73. The van der Waals surface area contributed by atoms with Crippen LogP contribution in [0.3, 0.4) is 0 Å². The fourth-order valence-electron chi connectivity index (χ4n) is 1.28. The number of aliphatic hydroxyl groups excluding tert-OH is 1. The van der Waals surface area contributed by atoms with Crippen LogP contribution < -0.4 is 16.2 Å². The Morgan fingerprint density at radius 1 is 1.35 bits per heavy atom. The van der Waals surface area contributed by atoms with Crippen LogP contribution in [-0.4, -0.2) is 30.3 Å². The van der Waals surface area contributed by atoms with Crippen molar-refractivity contribution < 1.29 is 9.84 Å². The van der Waals surface area contributed by atoms with Crippen LogP contribution in [0.25, 0.3) is 0 Å². The molecule has 1 unspecified atom stereocenters. The number of aryl methyl sites for hydroxylation is 1. The van der Waals surface area contributed by atoms with Crippen molar-refractivity contribution in [3.8, 4) is 5.75 Å². The first kappa shape index (κ1) is 13.3. The van der Waals surface area contributed by atoms with Gasteiger partial charge in [-0.25, -0.2) is 0 Å². The third-order valence-electron chi connectivity index (χ3n) is 2.26. The van der Waals surface area contributed by atoms with Crippen molar-refractivity contribution in [1.82, 2.24) is 0 Å². The van der Waals surface area contributed by atoms with Gasteiger partial charge in [-0.05, 0) is 24.1 Å². The molecular weight excluding hydrogens is 218 g/mol. The Balaban J connectivity index is 2.36. The van der Waals surface area contributed by atoms with Gasteiger partial charge in [0, 0.05) is 0 Å². The molecule has 0 aromatic heterocycles. The highest BCUT2D eigenvalue weighted by molar-refractivity contribution is 5.75. The van der Waals surface area contributed by atoms with Gasteiger partial charge < -0.3 is 21.3 Å². The molecule has 5 N–H and O–H groups in total. The molecule has 0 aliphatic rings. The van der Waals surface area contributed by atoms with E-state index in [1.165, 1.54) is 5.56 Å². The predicted molar refractivity (Wildman–Crippen MR) is 68.0 cm³/mol. The van der Waals surface area contributed by atoms with Gasteiger partial charge in [-0.1, -0.05) is 19.1 Å². The number of benzene rings is 1. The van der Waals surface area contributed by atoms with Gasteiger partial charge in [0.25, 0.3) is 0 Å². The monoisotopic (exact) mass is 237 g/mol. The van der Waals surface area contributed by atoms with Crippen LogP contribution in [0.15, 0.2) is 29.3 Å². The summed E-state index contributed by atoms with van der Waals surface area (Å²) in [7, 11) is 0. The molecule has 1 rings (SSSR count). The number of aliphatic hydroxyl groups is 1. The number of aliphatic imine (C=N–C) groups is 1. The van der Waals surface area contributed by atoms with Gasteiger partial charge >= 0.3 is 0 Å². The standard InChI is InChI=1S/C12H19N3O2/c1-2-9-3-5-11(6-4-9)17-8-10(16)7-15-12(13)14/h3-6,10,16H,2,7-8H2,1H3,(H4,13,14,15). The summed E-state index contributed by atoms with van der Waals surface area (Å²) in [6.45, 7) is 2.41. The highest BCUT2D eigenvalue weighted by atomic mass is 16.5. The molecule has 0 aliphatic carbocycles. The molecule has 1 aromatic rings. The van der Waals surface area contributed by atoms with E-state index in [1.54, 1.807) is 0 Å². The highest BCUT2D eigenvalue weighted by Gasteiger charge is 2.04. The van der Waals surface area contributed by atoms with Gasteiger partial charge in [-0.2, -0.15) is 0 Å². The molecule has 5 nitrogen and oxygen atoms in total. The Morgan fingerprint density at radius 3 is 2.53 bits per heavy atom. The highest BCUT2D eigenvalue weighted by Crippen LogP contribution is 2.12. The smallest absolute Gasteiger partial charge is 0.186 e. The lowest BCUT2D eigenvalue weighted by molar-refractivity contribution is 0.114. The SMILES string of the molecule is CCc1ccc(OCC(O)CN=C(N)N)cc1. The molecule has 0 saturated carbocycles. The molecule has 0 aliphatic heterocycles. The van der Waals surface area contributed by atoms with Crippen LogP contribution in [-0.2, 0) is 6.42 Å². The fourth-order valence-corrected chi connectivity index (χ4v) is 1.28. The number of ether oxygens (including phenoxy) is 1. The first-order valence-corrected chi connectivity index (χ1v) is 5.57. The normalized spacial score (nSPS) is 11.9. The van der Waals surface area contributed by atoms with Crippen molar-refractivity contribution in [2.75, 3.05) is 13.2 Å². The van der Waals surface area contributed by atoms with Crippen LogP contribution in [0.4, 0.5) is 0 Å². The fraction of sp³-hybridized carbons (Fsp3) is 0.417. The predicted octanol–water partition coefficient (Wildman–Crippen LogP) is 0.262. The van der Waals surface area contributed by atoms with Crippen molar-refractivity contribution in [3.63, 3.8) is 0 Å². The summed E-state index contributed by atoms with van der Waals surface area (Å²) in [4.78, 5) is 3.71. The number of nitrogens with zero attached hydrogens (tertiary/aromatic N) is 1. The van der Waals surface area contributed by atoms with Crippen LogP contribution in [0, 0.1) is 0 Å². The zero-order chi connectivity index (χ0) is 12.7. The number of rotatable bonds is 6. The second kappa shape index (κ2) is 6.75. The van der Waals surface area contributed by atoms with E-state index in [4.69, 9.17) is 16.2 Å². The van der Waals surface area contributed by atoms with Crippen molar-refractivity contribution in [2.45, 2.75) is 19.4 Å². The van der Waals surface area contributed by atoms with E-state index in [0.29, 0.717) is 0 Å². The van der Waals surface area contributed by atoms with Crippen molar-refractivity contribution >= 4 is 5.96 Å². The molecule has 17 heavy (non-hydrogen) atoms. The Bertz CT molecular complexity index is 359. The minimum Gasteiger partial charge on any atom is -0.491 e. The maximum atomic E-state index is 9.52. The van der Waals surface area contributed by atoms with Crippen molar-refractivity contribution in [2.24, 2.45) is 16.5 Å². The molecule has 0 saturated heterocycles. The molecule has 0 amide bonds. The van der Waals surface area contributed by atoms with Crippen LogP contribution >= 0.6 is 0 Å². The lowest BCUT2D eigenvalue weighted by Gasteiger charge is -2.10. The molecule has 5 heteroatoms. The van der Waals surface area contributed by atoms with E-state index < -0.39 is 6.10 Å². The van der Waals surface area contributed by atoms with Gasteiger partial charge in [0.1, 0.15) is 18.5 Å². The third kappa shape index (κ3) is 5.21.